The second kappa shape index (κ2) is 5.75. The lowest BCUT2D eigenvalue weighted by atomic mass is 10.1. The minimum atomic E-state index is -0.818. The van der Waals surface area contributed by atoms with Gasteiger partial charge in [0.05, 0.1) is 6.10 Å². The summed E-state index contributed by atoms with van der Waals surface area (Å²) in [5, 5.41) is 19.5. The maximum Gasteiger partial charge on any atom is 0.106 e. The standard InChI is InChI=1S/C10H13BrO2S/c1-14-8-4-2-3-7(5-8)10(13)9(12)6-11/h2-5,9-10,12-13H,6H2,1H3. The molecule has 0 aliphatic rings. The Kier molecular flexibility index (Phi) is 4.95. The molecule has 0 radical (unpaired) electrons. The molecular formula is C10H13BrO2S. The molecule has 1 rings (SSSR count). The summed E-state index contributed by atoms with van der Waals surface area (Å²) < 4.78 is 0. The topological polar surface area (TPSA) is 40.5 Å². The van der Waals surface area contributed by atoms with Crippen molar-refractivity contribution in [3.63, 3.8) is 0 Å². The van der Waals surface area contributed by atoms with Gasteiger partial charge in [-0.2, -0.15) is 0 Å². The molecule has 2 nitrogen and oxygen atoms in total. The smallest absolute Gasteiger partial charge is 0.106 e. The maximum atomic E-state index is 9.72. The number of hydrogen-bond donors (Lipinski definition) is 2. The van der Waals surface area contributed by atoms with Gasteiger partial charge in [0.1, 0.15) is 6.10 Å². The average molecular weight is 277 g/mol. The summed E-state index contributed by atoms with van der Waals surface area (Å²) >= 11 is 4.75. The van der Waals surface area contributed by atoms with Crippen LogP contribution < -0.4 is 0 Å². The number of halogens is 1. The predicted molar refractivity (Wildman–Crippen MR) is 63.0 cm³/mol. The fraction of sp³-hybridized carbons (Fsp3) is 0.400. The van der Waals surface area contributed by atoms with Gasteiger partial charge >= 0.3 is 0 Å². The van der Waals surface area contributed by atoms with Crippen LogP contribution in [0.2, 0.25) is 0 Å². The summed E-state index contributed by atoms with van der Waals surface area (Å²) in [6.07, 6.45) is 0.403. The highest BCUT2D eigenvalue weighted by molar-refractivity contribution is 9.09. The molecular weight excluding hydrogens is 264 g/mol. The van der Waals surface area contributed by atoms with Crippen molar-refractivity contribution < 1.29 is 10.2 Å². The average Bonchev–Trinajstić information content (AvgIpc) is 2.27. The third kappa shape index (κ3) is 2.98. The molecule has 0 spiro atoms. The van der Waals surface area contributed by atoms with Gasteiger partial charge in [-0.05, 0) is 24.0 Å². The lowest BCUT2D eigenvalue weighted by molar-refractivity contribution is 0.0341. The SMILES string of the molecule is CSc1cccc(C(O)C(O)CBr)c1. The van der Waals surface area contributed by atoms with Crippen molar-refractivity contribution in [2.24, 2.45) is 0 Å². The number of aliphatic hydroxyl groups excluding tert-OH is 2. The van der Waals surface area contributed by atoms with Gasteiger partial charge in [-0.25, -0.2) is 0 Å². The molecule has 0 saturated carbocycles. The Labute approximate surface area is 96.5 Å². The number of alkyl halides is 1. The van der Waals surface area contributed by atoms with E-state index in [1.54, 1.807) is 11.8 Å². The summed E-state index contributed by atoms with van der Waals surface area (Å²) in [6.45, 7) is 0. The van der Waals surface area contributed by atoms with Gasteiger partial charge in [-0.15, -0.1) is 11.8 Å². The molecule has 0 heterocycles. The van der Waals surface area contributed by atoms with E-state index in [1.165, 1.54) is 0 Å². The number of rotatable bonds is 4. The molecule has 1 aromatic carbocycles. The first-order chi connectivity index (χ1) is 6.69. The second-order valence-electron chi connectivity index (χ2n) is 2.94. The maximum absolute atomic E-state index is 9.72. The highest BCUT2D eigenvalue weighted by atomic mass is 79.9. The van der Waals surface area contributed by atoms with Crippen molar-refractivity contribution in [3.8, 4) is 0 Å². The van der Waals surface area contributed by atoms with Crippen molar-refractivity contribution in [2.45, 2.75) is 17.1 Å². The van der Waals surface area contributed by atoms with Crippen LogP contribution in [0, 0.1) is 0 Å². The van der Waals surface area contributed by atoms with Crippen LogP contribution in [0.3, 0.4) is 0 Å². The fourth-order valence-corrected chi connectivity index (χ4v) is 1.95. The quantitative estimate of drug-likeness (QED) is 0.654. The van der Waals surface area contributed by atoms with Crippen LogP contribution in [-0.4, -0.2) is 27.9 Å². The number of thioether (sulfide) groups is 1. The van der Waals surface area contributed by atoms with E-state index in [0.29, 0.717) is 5.33 Å². The lowest BCUT2D eigenvalue weighted by Gasteiger charge is -2.16. The third-order valence-corrected chi connectivity index (χ3v) is 3.35. The van der Waals surface area contributed by atoms with Gasteiger partial charge in [0, 0.05) is 10.2 Å². The summed E-state index contributed by atoms with van der Waals surface area (Å²) in [5.41, 5.74) is 0.754. The number of aliphatic hydroxyl groups is 2. The lowest BCUT2D eigenvalue weighted by Crippen LogP contribution is -2.19. The number of benzene rings is 1. The minimum Gasteiger partial charge on any atom is -0.389 e. The second-order valence-corrected chi connectivity index (χ2v) is 4.47. The van der Waals surface area contributed by atoms with E-state index in [9.17, 15) is 10.2 Å². The molecule has 0 aliphatic heterocycles. The molecule has 0 saturated heterocycles. The van der Waals surface area contributed by atoms with Crippen LogP contribution in [0.25, 0.3) is 0 Å². The van der Waals surface area contributed by atoms with Crippen LogP contribution in [0.1, 0.15) is 11.7 Å². The summed E-state index contributed by atoms with van der Waals surface area (Å²) in [7, 11) is 0. The van der Waals surface area contributed by atoms with Gasteiger partial charge in [-0.1, -0.05) is 28.1 Å². The van der Waals surface area contributed by atoms with Crippen LogP contribution in [0.4, 0.5) is 0 Å². The Morgan fingerprint density at radius 3 is 2.71 bits per heavy atom. The molecule has 14 heavy (non-hydrogen) atoms. The van der Waals surface area contributed by atoms with Gasteiger partial charge in [0.25, 0.3) is 0 Å². The summed E-state index contributed by atoms with van der Waals surface area (Å²) in [4.78, 5) is 1.09. The van der Waals surface area contributed by atoms with Gasteiger partial charge in [0.15, 0.2) is 0 Å². The van der Waals surface area contributed by atoms with Gasteiger partial charge in [-0.3, -0.25) is 0 Å². The monoisotopic (exact) mass is 276 g/mol. The first-order valence-corrected chi connectivity index (χ1v) is 6.59. The Morgan fingerprint density at radius 2 is 2.14 bits per heavy atom. The zero-order valence-electron chi connectivity index (χ0n) is 7.85. The van der Waals surface area contributed by atoms with E-state index < -0.39 is 12.2 Å². The zero-order chi connectivity index (χ0) is 10.6. The van der Waals surface area contributed by atoms with Gasteiger partial charge in [0.2, 0.25) is 0 Å². The predicted octanol–water partition coefficient (Wildman–Crippen LogP) is 2.20. The molecule has 0 fully saturated rings. The first-order valence-electron chi connectivity index (χ1n) is 4.25. The third-order valence-electron chi connectivity index (χ3n) is 1.96. The highest BCUT2D eigenvalue weighted by Gasteiger charge is 2.16. The molecule has 1 aromatic rings. The molecule has 0 aromatic heterocycles. The number of hydrogen-bond acceptors (Lipinski definition) is 3. The van der Waals surface area contributed by atoms with E-state index in [4.69, 9.17) is 0 Å². The normalized spacial score (nSPS) is 15.1. The van der Waals surface area contributed by atoms with E-state index in [0.717, 1.165) is 10.5 Å². The van der Waals surface area contributed by atoms with Gasteiger partial charge < -0.3 is 10.2 Å². The molecule has 2 atom stereocenters. The van der Waals surface area contributed by atoms with Crippen LogP contribution in [0.5, 0.6) is 0 Å². The fourth-order valence-electron chi connectivity index (χ4n) is 1.13. The molecule has 0 bridgehead atoms. The Hall–Kier alpha value is -0.0300. The van der Waals surface area contributed by atoms with E-state index in [2.05, 4.69) is 15.9 Å². The van der Waals surface area contributed by atoms with Crippen molar-refractivity contribution in [1.82, 2.24) is 0 Å². The van der Waals surface area contributed by atoms with E-state index in [-0.39, 0.29) is 0 Å². The van der Waals surface area contributed by atoms with E-state index >= 15 is 0 Å². The van der Waals surface area contributed by atoms with E-state index in [1.807, 2.05) is 30.5 Å². The molecule has 78 valence electrons. The van der Waals surface area contributed by atoms with Crippen molar-refractivity contribution in [2.75, 3.05) is 11.6 Å². The van der Waals surface area contributed by atoms with Crippen LogP contribution in [0.15, 0.2) is 29.2 Å². The zero-order valence-corrected chi connectivity index (χ0v) is 10.3. The van der Waals surface area contributed by atoms with Crippen LogP contribution in [-0.2, 0) is 0 Å². The molecule has 4 heteroatoms. The highest BCUT2D eigenvalue weighted by Crippen LogP contribution is 2.23. The molecule has 0 aliphatic carbocycles. The van der Waals surface area contributed by atoms with Crippen molar-refractivity contribution in [1.29, 1.82) is 0 Å². The molecule has 2 unspecified atom stereocenters. The summed E-state index contributed by atoms with van der Waals surface area (Å²) in [5.74, 6) is 0. The largest absolute Gasteiger partial charge is 0.389 e. The molecule has 0 amide bonds. The van der Waals surface area contributed by atoms with Crippen LogP contribution >= 0.6 is 27.7 Å². The first kappa shape index (κ1) is 12.0. The van der Waals surface area contributed by atoms with Crippen molar-refractivity contribution >= 4 is 27.7 Å². The molecule has 2 N–H and O–H groups in total. The minimum absolute atomic E-state index is 0.373. The van der Waals surface area contributed by atoms with Crippen molar-refractivity contribution in [3.05, 3.63) is 29.8 Å². The Balaban J connectivity index is 2.83. The Morgan fingerprint density at radius 1 is 1.43 bits per heavy atom. The summed E-state index contributed by atoms with van der Waals surface area (Å²) in [6, 6.07) is 7.56. The Bertz CT molecular complexity index is 293.